The van der Waals surface area contributed by atoms with Gasteiger partial charge in [0.05, 0.1) is 12.6 Å². The molecule has 5 heteroatoms. The maximum absolute atomic E-state index is 12.4. The summed E-state index contributed by atoms with van der Waals surface area (Å²) in [4.78, 5) is 14.1. The van der Waals surface area contributed by atoms with Crippen LogP contribution in [0.1, 0.15) is 53.9 Å². The number of amides is 1. The van der Waals surface area contributed by atoms with Crippen molar-refractivity contribution in [1.82, 2.24) is 4.90 Å². The molecule has 1 N–H and O–H groups in total. The predicted molar refractivity (Wildman–Crippen MR) is 75.3 cm³/mol. The van der Waals surface area contributed by atoms with Crippen molar-refractivity contribution in [2.75, 3.05) is 13.2 Å². The van der Waals surface area contributed by atoms with Crippen LogP contribution in [0.2, 0.25) is 0 Å². The monoisotopic (exact) mass is 285 g/mol. The number of aliphatic hydroxyl groups excluding tert-OH is 1. The van der Waals surface area contributed by atoms with E-state index in [0.717, 1.165) is 19.3 Å². The molecule has 1 saturated heterocycles. The third-order valence-electron chi connectivity index (χ3n) is 4.13. The summed E-state index contributed by atoms with van der Waals surface area (Å²) < 4.78 is 11.3. The molecular weight excluding hydrogens is 258 g/mol. The fourth-order valence-corrected chi connectivity index (χ4v) is 2.82. The number of ether oxygens (including phenoxy) is 2. The Labute approximate surface area is 121 Å². The van der Waals surface area contributed by atoms with Crippen LogP contribution < -0.4 is 0 Å². The van der Waals surface area contributed by atoms with Gasteiger partial charge in [-0.15, -0.1) is 0 Å². The van der Waals surface area contributed by atoms with Crippen LogP contribution in [-0.2, 0) is 9.47 Å². The van der Waals surface area contributed by atoms with Crippen molar-refractivity contribution in [1.29, 1.82) is 0 Å². The first kappa shape index (κ1) is 15.6. The van der Waals surface area contributed by atoms with Gasteiger partial charge in [0.1, 0.15) is 11.3 Å². The van der Waals surface area contributed by atoms with Crippen molar-refractivity contribution >= 4 is 6.09 Å². The van der Waals surface area contributed by atoms with E-state index in [0.29, 0.717) is 6.61 Å². The molecule has 1 aliphatic heterocycles. The van der Waals surface area contributed by atoms with Crippen molar-refractivity contribution in [3.63, 3.8) is 0 Å². The fraction of sp³-hybridized carbons (Fsp3) is 0.933. The number of aliphatic hydroxyl groups is 1. The van der Waals surface area contributed by atoms with Crippen LogP contribution in [0.4, 0.5) is 4.79 Å². The van der Waals surface area contributed by atoms with Crippen LogP contribution in [0, 0.1) is 5.41 Å². The van der Waals surface area contributed by atoms with E-state index in [1.807, 2.05) is 34.6 Å². The van der Waals surface area contributed by atoms with E-state index in [4.69, 9.17) is 9.47 Å². The normalized spacial score (nSPS) is 27.5. The van der Waals surface area contributed by atoms with E-state index in [1.54, 1.807) is 4.90 Å². The standard InChI is InChI=1S/C15H27NO4/c1-13(2,3)20-12(18)16-11(9-19-14(16,4)5)8-15(10-17)6-7-15/h11,17H,6-10H2,1-5H3/t11-/m0/s1. The zero-order valence-corrected chi connectivity index (χ0v) is 13.2. The van der Waals surface area contributed by atoms with Crippen LogP contribution in [0.5, 0.6) is 0 Å². The summed E-state index contributed by atoms with van der Waals surface area (Å²) in [6, 6.07) is -0.0190. The van der Waals surface area contributed by atoms with Crippen molar-refractivity contribution < 1.29 is 19.4 Å². The van der Waals surface area contributed by atoms with Gasteiger partial charge in [0.15, 0.2) is 0 Å². The Bertz CT molecular complexity index is 382. The highest BCUT2D eigenvalue weighted by molar-refractivity contribution is 5.69. The molecule has 20 heavy (non-hydrogen) atoms. The fourth-order valence-electron chi connectivity index (χ4n) is 2.82. The van der Waals surface area contributed by atoms with E-state index in [-0.39, 0.29) is 24.2 Å². The van der Waals surface area contributed by atoms with Gasteiger partial charge < -0.3 is 14.6 Å². The molecule has 1 amide bonds. The molecule has 0 aromatic rings. The Hall–Kier alpha value is -0.810. The van der Waals surface area contributed by atoms with Gasteiger partial charge in [-0.1, -0.05) is 0 Å². The van der Waals surface area contributed by atoms with Crippen molar-refractivity contribution in [2.24, 2.45) is 5.41 Å². The summed E-state index contributed by atoms with van der Waals surface area (Å²) in [5, 5.41) is 9.48. The van der Waals surface area contributed by atoms with Crippen LogP contribution in [-0.4, -0.2) is 46.7 Å². The molecule has 0 unspecified atom stereocenters. The summed E-state index contributed by atoms with van der Waals surface area (Å²) in [5.41, 5.74) is -1.18. The maximum atomic E-state index is 12.4. The first-order valence-electron chi connectivity index (χ1n) is 7.36. The van der Waals surface area contributed by atoms with Crippen LogP contribution in [0.15, 0.2) is 0 Å². The molecule has 116 valence electrons. The Morgan fingerprint density at radius 1 is 1.40 bits per heavy atom. The van der Waals surface area contributed by atoms with Gasteiger partial charge in [-0.25, -0.2) is 4.79 Å². The molecule has 0 spiro atoms. The number of nitrogens with zero attached hydrogens (tertiary/aromatic N) is 1. The maximum Gasteiger partial charge on any atom is 0.412 e. The second kappa shape index (κ2) is 4.88. The van der Waals surface area contributed by atoms with E-state index in [1.165, 1.54) is 0 Å². The molecule has 5 nitrogen and oxygen atoms in total. The SMILES string of the molecule is CC(C)(C)OC(=O)N1[C@@H](CC2(CO)CC2)COC1(C)C. The van der Waals surface area contributed by atoms with Crippen LogP contribution in [0.3, 0.4) is 0 Å². The van der Waals surface area contributed by atoms with Crippen molar-refractivity contribution in [2.45, 2.75) is 71.2 Å². The Kier molecular flexibility index (Phi) is 3.80. The number of hydrogen-bond donors (Lipinski definition) is 1. The lowest BCUT2D eigenvalue weighted by Gasteiger charge is -2.36. The summed E-state index contributed by atoms with van der Waals surface area (Å²) in [5.74, 6) is 0. The van der Waals surface area contributed by atoms with Gasteiger partial charge in [0.2, 0.25) is 0 Å². The largest absolute Gasteiger partial charge is 0.444 e. The van der Waals surface area contributed by atoms with E-state index < -0.39 is 11.3 Å². The summed E-state index contributed by atoms with van der Waals surface area (Å²) >= 11 is 0. The number of hydrogen-bond acceptors (Lipinski definition) is 4. The van der Waals surface area contributed by atoms with Gasteiger partial charge in [-0.3, -0.25) is 4.90 Å². The van der Waals surface area contributed by atoms with Crippen LogP contribution in [0.25, 0.3) is 0 Å². The van der Waals surface area contributed by atoms with E-state index in [9.17, 15) is 9.90 Å². The Morgan fingerprint density at radius 3 is 2.45 bits per heavy atom. The summed E-state index contributed by atoms with van der Waals surface area (Å²) in [7, 11) is 0. The Morgan fingerprint density at radius 2 is 2.00 bits per heavy atom. The molecule has 2 fully saturated rings. The topological polar surface area (TPSA) is 59.0 Å². The first-order valence-corrected chi connectivity index (χ1v) is 7.36. The number of carbonyl (C=O) groups is 1. The molecule has 2 aliphatic rings. The first-order chi connectivity index (χ1) is 9.09. The number of carbonyl (C=O) groups excluding carboxylic acids is 1. The van der Waals surface area contributed by atoms with Crippen molar-refractivity contribution in [3.8, 4) is 0 Å². The molecule has 1 aliphatic carbocycles. The molecule has 0 aromatic carbocycles. The minimum Gasteiger partial charge on any atom is -0.444 e. The highest BCUT2D eigenvalue weighted by Crippen LogP contribution is 2.51. The van der Waals surface area contributed by atoms with Gasteiger partial charge in [-0.2, -0.15) is 0 Å². The molecule has 0 bridgehead atoms. The third-order valence-corrected chi connectivity index (χ3v) is 4.13. The third kappa shape index (κ3) is 3.26. The van der Waals surface area contributed by atoms with Gasteiger partial charge in [0, 0.05) is 6.61 Å². The van der Waals surface area contributed by atoms with Crippen molar-refractivity contribution in [3.05, 3.63) is 0 Å². The average Bonchev–Trinajstić information content (AvgIpc) is 2.97. The molecule has 0 aromatic heterocycles. The second-order valence-corrected chi connectivity index (χ2v) is 7.62. The minimum absolute atomic E-state index is 0.00525. The molecule has 1 atom stereocenters. The lowest BCUT2D eigenvalue weighted by molar-refractivity contribution is -0.0634. The van der Waals surface area contributed by atoms with Gasteiger partial charge in [0.25, 0.3) is 0 Å². The zero-order chi connectivity index (χ0) is 15.2. The number of rotatable bonds is 3. The lowest BCUT2D eigenvalue weighted by atomic mass is 9.97. The predicted octanol–water partition coefficient (Wildman–Crippen LogP) is 2.52. The van der Waals surface area contributed by atoms with E-state index in [2.05, 4.69) is 0 Å². The summed E-state index contributed by atoms with van der Waals surface area (Å²) in [6.07, 6.45) is 2.51. The van der Waals surface area contributed by atoms with Gasteiger partial charge >= 0.3 is 6.09 Å². The highest BCUT2D eigenvalue weighted by atomic mass is 16.6. The summed E-state index contributed by atoms with van der Waals surface area (Å²) in [6.45, 7) is 10.0. The molecule has 1 heterocycles. The molecule has 1 saturated carbocycles. The van der Waals surface area contributed by atoms with E-state index >= 15 is 0 Å². The minimum atomic E-state index is -0.654. The average molecular weight is 285 g/mol. The molecular formula is C15H27NO4. The highest BCUT2D eigenvalue weighted by Gasteiger charge is 2.51. The lowest BCUT2D eigenvalue weighted by Crippen LogP contribution is -2.50. The quantitative estimate of drug-likeness (QED) is 0.865. The van der Waals surface area contributed by atoms with Gasteiger partial charge in [-0.05, 0) is 59.3 Å². The molecule has 0 radical (unpaired) electrons. The second-order valence-electron chi connectivity index (χ2n) is 7.62. The zero-order valence-electron chi connectivity index (χ0n) is 13.2. The molecule has 2 rings (SSSR count). The smallest absolute Gasteiger partial charge is 0.412 e. The van der Waals surface area contributed by atoms with Crippen LogP contribution >= 0.6 is 0 Å². The Balaban J connectivity index is 2.10.